The van der Waals surface area contributed by atoms with E-state index in [1.54, 1.807) is 28.4 Å². The van der Waals surface area contributed by atoms with Crippen LogP contribution >= 0.6 is 11.3 Å². The van der Waals surface area contributed by atoms with Crippen LogP contribution in [0.1, 0.15) is 27.3 Å². The Hall–Kier alpha value is -3.18. The van der Waals surface area contributed by atoms with E-state index in [2.05, 4.69) is 15.2 Å². The number of nitrogens with one attached hydrogen (secondary N) is 2. The van der Waals surface area contributed by atoms with Crippen molar-refractivity contribution in [2.24, 2.45) is 0 Å². The van der Waals surface area contributed by atoms with Crippen LogP contribution in [0.25, 0.3) is 10.6 Å². The lowest BCUT2D eigenvalue weighted by molar-refractivity contribution is 0.0727. The minimum Gasteiger partial charge on any atom is -0.332 e. The van der Waals surface area contributed by atoms with Gasteiger partial charge in [-0.1, -0.05) is 6.07 Å². The van der Waals surface area contributed by atoms with Crippen molar-refractivity contribution in [3.63, 3.8) is 0 Å². The fourth-order valence-corrected chi connectivity index (χ4v) is 3.61. The molecule has 2 N–H and O–H groups in total. The van der Waals surface area contributed by atoms with Gasteiger partial charge in [-0.2, -0.15) is 10.4 Å². The first-order valence-electron chi connectivity index (χ1n) is 7.69. The van der Waals surface area contributed by atoms with Crippen LogP contribution in [0.15, 0.2) is 34.4 Å². The van der Waals surface area contributed by atoms with Crippen molar-refractivity contribution in [1.29, 1.82) is 5.26 Å². The first kappa shape index (κ1) is 15.4. The molecule has 8 heteroatoms. The zero-order valence-corrected chi connectivity index (χ0v) is 13.9. The first-order chi connectivity index (χ1) is 12.2. The van der Waals surface area contributed by atoms with Gasteiger partial charge < -0.3 is 9.88 Å². The molecular formula is C17H13N5O2S. The Balaban J connectivity index is 1.58. The molecule has 0 saturated heterocycles. The molecule has 25 heavy (non-hydrogen) atoms. The minimum absolute atomic E-state index is 0.0628. The van der Waals surface area contributed by atoms with E-state index in [1.165, 1.54) is 0 Å². The maximum Gasteiger partial charge on any atom is 0.274 e. The zero-order valence-electron chi connectivity index (χ0n) is 13.1. The largest absolute Gasteiger partial charge is 0.332 e. The van der Waals surface area contributed by atoms with E-state index in [-0.39, 0.29) is 17.0 Å². The van der Waals surface area contributed by atoms with Crippen LogP contribution in [0, 0.1) is 11.3 Å². The number of pyridine rings is 1. The minimum atomic E-state index is -0.381. The van der Waals surface area contributed by atoms with Gasteiger partial charge in [-0.15, -0.1) is 11.3 Å². The summed E-state index contributed by atoms with van der Waals surface area (Å²) >= 11 is 1.57. The number of aromatic amines is 2. The van der Waals surface area contributed by atoms with Crippen LogP contribution in [-0.2, 0) is 13.0 Å². The second-order valence-electron chi connectivity index (χ2n) is 5.75. The molecule has 7 nitrogen and oxygen atoms in total. The van der Waals surface area contributed by atoms with Crippen molar-refractivity contribution >= 4 is 17.2 Å². The van der Waals surface area contributed by atoms with Gasteiger partial charge in [-0.3, -0.25) is 14.7 Å². The number of rotatable bonds is 2. The van der Waals surface area contributed by atoms with Gasteiger partial charge in [0.25, 0.3) is 11.5 Å². The van der Waals surface area contributed by atoms with E-state index in [4.69, 9.17) is 5.26 Å². The Kier molecular flexibility index (Phi) is 3.71. The number of carbonyl (C=O) groups excluding carboxylic acids is 1. The lowest BCUT2D eigenvalue weighted by atomic mass is 10.0. The maximum atomic E-state index is 12.7. The highest BCUT2D eigenvalue weighted by atomic mass is 32.1. The SMILES string of the molecule is N#Cc1cc2c([nH]c1=O)CCN(C(=O)c1cc(-c3cccs3)[nH]n1)C2. The van der Waals surface area contributed by atoms with Crippen molar-refractivity contribution in [1.82, 2.24) is 20.1 Å². The van der Waals surface area contributed by atoms with Crippen molar-refractivity contribution in [3.05, 3.63) is 62.5 Å². The van der Waals surface area contributed by atoms with Gasteiger partial charge >= 0.3 is 0 Å². The van der Waals surface area contributed by atoms with Gasteiger partial charge in [0.2, 0.25) is 0 Å². The number of nitriles is 1. The fourth-order valence-electron chi connectivity index (χ4n) is 2.91. The molecule has 0 aliphatic carbocycles. The van der Waals surface area contributed by atoms with Crippen molar-refractivity contribution in [2.75, 3.05) is 6.54 Å². The molecule has 0 atom stereocenters. The zero-order chi connectivity index (χ0) is 17.4. The molecule has 1 aliphatic heterocycles. The third-order valence-electron chi connectivity index (χ3n) is 4.20. The van der Waals surface area contributed by atoms with Gasteiger partial charge in [0.05, 0.1) is 10.6 Å². The van der Waals surface area contributed by atoms with Crippen LogP contribution in [-0.4, -0.2) is 32.5 Å². The highest BCUT2D eigenvalue weighted by molar-refractivity contribution is 7.13. The van der Waals surface area contributed by atoms with E-state index in [0.717, 1.165) is 21.8 Å². The normalized spacial score (nSPS) is 13.3. The number of fused-ring (bicyclic) bond motifs is 1. The average Bonchev–Trinajstić information content (AvgIpc) is 3.31. The van der Waals surface area contributed by atoms with Gasteiger partial charge in [-0.05, 0) is 29.1 Å². The summed E-state index contributed by atoms with van der Waals surface area (Å²) in [7, 11) is 0. The van der Waals surface area contributed by atoms with E-state index >= 15 is 0 Å². The quantitative estimate of drug-likeness (QED) is 0.735. The highest BCUT2D eigenvalue weighted by Gasteiger charge is 2.25. The monoisotopic (exact) mass is 351 g/mol. The summed E-state index contributed by atoms with van der Waals surface area (Å²) in [5.41, 5.74) is 2.43. The molecule has 1 aliphatic rings. The molecule has 4 rings (SSSR count). The number of hydrogen-bond donors (Lipinski definition) is 2. The van der Waals surface area contributed by atoms with Crippen LogP contribution in [0.2, 0.25) is 0 Å². The van der Waals surface area contributed by atoms with Crippen molar-refractivity contribution in [3.8, 4) is 16.6 Å². The van der Waals surface area contributed by atoms with E-state index in [9.17, 15) is 9.59 Å². The summed E-state index contributed by atoms with van der Waals surface area (Å²) in [5, 5.41) is 18.0. The van der Waals surface area contributed by atoms with Crippen molar-refractivity contribution < 1.29 is 4.79 Å². The van der Waals surface area contributed by atoms with E-state index < -0.39 is 0 Å². The third-order valence-corrected chi connectivity index (χ3v) is 5.10. The molecular weight excluding hydrogens is 338 g/mol. The molecule has 1 amide bonds. The Labute approximate surface area is 146 Å². The summed E-state index contributed by atoms with van der Waals surface area (Å²) in [6, 6.07) is 9.09. The predicted octanol–water partition coefficient (Wildman–Crippen LogP) is 1.90. The first-order valence-corrected chi connectivity index (χ1v) is 8.57. The van der Waals surface area contributed by atoms with E-state index in [1.807, 2.05) is 23.6 Å². The van der Waals surface area contributed by atoms with Gasteiger partial charge in [0.15, 0.2) is 5.69 Å². The summed E-state index contributed by atoms with van der Waals surface area (Å²) < 4.78 is 0. The second-order valence-corrected chi connectivity index (χ2v) is 6.70. The molecule has 4 heterocycles. The smallest absolute Gasteiger partial charge is 0.274 e. The van der Waals surface area contributed by atoms with Gasteiger partial charge in [0.1, 0.15) is 11.6 Å². The van der Waals surface area contributed by atoms with Gasteiger partial charge in [-0.25, -0.2) is 0 Å². The number of aromatic nitrogens is 3. The Morgan fingerprint density at radius 3 is 3.04 bits per heavy atom. The number of thiophene rings is 1. The molecule has 3 aromatic heterocycles. The van der Waals surface area contributed by atoms with Crippen molar-refractivity contribution in [2.45, 2.75) is 13.0 Å². The maximum absolute atomic E-state index is 12.7. The predicted molar refractivity (Wildman–Crippen MR) is 92.1 cm³/mol. The standard InChI is InChI=1S/C17H13N5O2S/c18-8-10-6-11-9-22(4-3-12(11)19-16(10)23)17(24)14-7-13(20-21-14)15-2-1-5-25-15/h1-2,5-7H,3-4,9H2,(H,19,23)(H,20,21). The molecule has 0 spiro atoms. The van der Waals surface area contributed by atoms with Crippen LogP contribution in [0.4, 0.5) is 0 Å². The summed E-state index contributed by atoms with van der Waals surface area (Å²) in [6.45, 7) is 0.843. The summed E-state index contributed by atoms with van der Waals surface area (Å²) in [5.74, 6) is -0.172. The Morgan fingerprint density at radius 2 is 2.28 bits per heavy atom. The number of nitrogens with zero attached hydrogens (tertiary/aromatic N) is 3. The molecule has 0 bridgehead atoms. The highest BCUT2D eigenvalue weighted by Crippen LogP contribution is 2.24. The molecule has 0 unspecified atom stereocenters. The molecule has 0 radical (unpaired) electrons. The number of H-pyrrole nitrogens is 2. The average molecular weight is 351 g/mol. The van der Waals surface area contributed by atoms with Crippen LogP contribution in [0.5, 0.6) is 0 Å². The lowest BCUT2D eigenvalue weighted by Crippen LogP contribution is -2.37. The number of carbonyl (C=O) groups is 1. The number of amides is 1. The molecule has 0 fully saturated rings. The second kappa shape index (κ2) is 6.03. The Bertz CT molecular complexity index is 1040. The Morgan fingerprint density at radius 1 is 1.40 bits per heavy atom. The summed E-state index contributed by atoms with van der Waals surface area (Å²) in [4.78, 5) is 29.9. The molecule has 124 valence electrons. The lowest BCUT2D eigenvalue weighted by Gasteiger charge is -2.28. The summed E-state index contributed by atoms with van der Waals surface area (Å²) in [6.07, 6.45) is 0.546. The number of hydrogen-bond acceptors (Lipinski definition) is 5. The van der Waals surface area contributed by atoms with Gasteiger partial charge in [0, 0.05) is 25.2 Å². The van der Waals surface area contributed by atoms with Crippen LogP contribution < -0.4 is 5.56 Å². The molecule has 0 saturated carbocycles. The van der Waals surface area contributed by atoms with E-state index in [0.29, 0.717) is 25.2 Å². The topological polar surface area (TPSA) is 106 Å². The third kappa shape index (κ3) is 2.75. The molecule has 3 aromatic rings. The fraction of sp³-hybridized carbons (Fsp3) is 0.176. The molecule has 0 aromatic carbocycles. The van der Waals surface area contributed by atoms with Crippen LogP contribution in [0.3, 0.4) is 0 Å².